The zero-order chi connectivity index (χ0) is 23.2. The molecule has 4 heterocycles. The maximum atomic E-state index is 13.4. The lowest BCUT2D eigenvalue weighted by molar-refractivity contribution is -0.137. The first-order chi connectivity index (χ1) is 15.8. The van der Waals surface area contributed by atoms with E-state index in [1.807, 2.05) is 17.9 Å². The third-order valence-electron chi connectivity index (χ3n) is 6.33. The number of allylic oxidation sites excluding steroid dienone is 1. The summed E-state index contributed by atoms with van der Waals surface area (Å²) in [5, 5.41) is 7.78. The molecule has 1 fully saturated rings. The van der Waals surface area contributed by atoms with Crippen LogP contribution in [0.3, 0.4) is 0 Å². The standard InChI is InChI=1S/C23H21F3N6O/c1-14-2-6-18(21(29-14)32-11-10-28-30-32)22(33)31-13-16-4-3-15(5-7-20(16)31)19-12-17(8-9-27-19)23(24,25)26/h2,5-6,8-12,16,20H,3-4,7,13H2,1H3. The van der Waals surface area contributed by atoms with E-state index in [1.54, 1.807) is 18.3 Å². The number of likely N-dealkylation sites (tertiary alicyclic amines) is 1. The van der Waals surface area contributed by atoms with Gasteiger partial charge in [0.15, 0.2) is 5.82 Å². The lowest BCUT2D eigenvalue weighted by atomic mass is 9.83. The fourth-order valence-corrected chi connectivity index (χ4v) is 4.54. The van der Waals surface area contributed by atoms with Crippen molar-refractivity contribution >= 4 is 11.5 Å². The minimum Gasteiger partial charge on any atom is -0.335 e. The Labute approximate surface area is 188 Å². The predicted octanol–water partition coefficient (Wildman–Crippen LogP) is 4.09. The Hall–Kier alpha value is -3.56. The largest absolute Gasteiger partial charge is 0.416 e. The van der Waals surface area contributed by atoms with E-state index in [2.05, 4.69) is 20.3 Å². The summed E-state index contributed by atoms with van der Waals surface area (Å²) in [7, 11) is 0. The van der Waals surface area contributed by atoms with Crippen molar-refractivity contribution in [3.8, 4) is 5.82 Å². The molecule has 1 amide bonds. The first-order valence-electron chi connectivity index (χ1n) is 10.7. The highest BCUT2D eigenvalue weighted by molar-refractivity contribution is 5.98. The molecule has 0 spiro atoms. The molecule has 170 valence electrons. The molecule has 2 aliphatic rings. The fraction of sp³-hybridized carbons (Fsp3) is 0.348. The monoisotopic (exact) mass is 454 g/mol. The third kappa shape index (κ3) is 4.01. The lowest BCUT2D eigenvalue weighted by Crippen LogP contribution is -2.58. The van der Waals surface area contributed by atoms with Gasteiger partial charge in [-0.05, 0) is 61.9 Å². The quantitative estimate of drug-likeness (QED) is 0.596. The Morgan fingerprint density at radius 2 is 2.03 bits per heavy atom. The van der Waals surface area contributed by atoms with Gasteiger partial charge in [-0.25, -0.2) is 9.67 Å². The summed E-state index contributed by atoms with van der Waals surface area (Å²) in [5.74, 6) is 0.587. The third-order valence-corrected chi connectivity index (χ3v) is 6.33. The van der Waals surface area contributed by atoms with Crippen molar-refractivity contribution in [2.45, 2.75) is 38.4 Å². The molecule has 3 aromatic heterocycles. The molecule has 2 unspecified atom stereocenters. The summed E-state index contributed by atoms with van der Waals surface area (Å²) in [6.07, 6.45) is 3.88. The lowest BCUT2D eigenvalue weighted by Gasteiger charge is -2.47. The van der Waals surface area contributed by atoms with Gasteiger partial charge in [0.25, 0.3) is 5.91 Å². The molecule has 0 bridgehead atoms. The number of rotatable bonds is 3. The van der Waals surface area contributed by atoms with Gasteiger partial charge in [-0.3, -0.25) is 9.78 Å². The Kier molecular flexibility index (Phi) is 5.22. The van der Waals surface area contributed by atoms with Gasteiger partial charge in [-0.2, -0.15) is 13.2 Å². The van der Waals surface area contributed by atoms with Crippen LogP contribution in [0.5, 0.6) is 0 Å². The zero-order valence-corrected chi connectivity index (χ0v) is 17.8. The van der Waals surface area contributed by atoms with Crippen molar-refractivity contribution in [3.63, 3.8) is 0 Å². The molecule has 1 aliphatic heterocycles. The van der Waals surface area contributed by atoms with Crippen molar-refractivity contribution < 1.29 is 18.0 Å². The van der Waals surface area contributed by atoms with Gasteiger partial charge < -0.3 is 4.90 Å². The van der Waals surface area contributed by atoms with Crippen LogP contribution in [0.4, 0.5) is 13.2 Å². The van der Waals surface area contributed by atoms with Crippen molar-refractivity contribution in [1.29, 1.82) is 0 Å². The number of pyridine rings is 2. The summed E-state index contributed by atoms with van der Waals surface area (Å²) < 4.78 is 40.8. The summed E-state index contributed by atoms with van der Waals surface area (Å²) >= 11 is 0. The second-order valence-corrected chi connectivity index (χ2v) is 8.39. The van der Waals surface area contributed by atoms with E-state index in [1.165, 1.54) is 17.1 Å². The molecule has 10 heteroatoms. The summed E-state index contributed by atoms with van der Waals surface area (Å²) in [4.78, 5) is 23.9. The van der Waals surface area contributed by atoms with Crippen LogP contribution in [0.25, 0.3) is 11.4 Å². The maximum Gasteiger partial charge on any atom is 0.416 e. The molecule has 0 radical (unpaired) electrons. The number of nitrogens with zero attached hydrogens (tertiary/aromatic N) is 6. The molecule has 0 saturated carbocycles. The van der Waals surface area contributed by atoms with E-state index in [4.69, 9.17) is 0 Å². The Balaban J connectivity index is 1.38. The average Bonchev–Trinajstić information content (AvgIpc) is 3.26. The summed E-state index contributed by atoms with van der Waals surface area (Å²) in [5.41, 5.74) is 1.64. The fourth-order valence-electron chi connectivity index (χ4n) is 4.54. The number of hydrogen-bond donors (Lipinski definition) is 0. The van der Waals surface area contributed by atoms with Crippen molar-refractivity contribution in [2.24, 2.45) is 5.92 Å². The molecular formula is C23H21F3N6O. The number of hydrogen-bond acceptors (Lipinski definition) is 5. The smallest absolute Gasteiger partial charge is 0.335 e. The minimum absolute atomic E-state index is 0.00861. The number of halogens is 3. The molecular weight excluding hydrogens is 433 g/mol. The first-order valence-corrected chi connectivity index (χ1v) is 10.7. The second-order valence-electron chi connectivity index (χ2n) is 8.39. The van der Waals surface area contributed by atoms with Crippen molar-refractivity contribution in [2.75, 3.05) is 6.54 Å². The van der Waals surface area contributed by atoms with Crippen molar-refractivity contribution in [1.82, 2.24) is 29.9 Å². The van der Waals surface area contributed by atoms with E-state index in [0.29, 0.717) is 42.4 Å². The molecule has 1 saturated heterocycles. The van der Waals surface area contributed by atoms with Gasteiger partial charge in [-0.1, -0.05) is 11.3 Å². The molecule has 3 aromatic rings. The highest BCUT2D eigenvalue weighted by Gasteiger charge is 2.43. The Morgan fingerprint density at radius 1 is 1.18 bits per heavy atom. The van der Waals surface area contributed by atoms with Gasteiger partial charge in [-0.15, -0.1) is 5.10 Å². The van der Waals surface area contributed by atoms with E-state index >= 15 is 0 Å². The number of carbonyl (C=O) groups excluding carboxylic acids is 1. The van der Waals surface area contributed by atoms with Crippen LogP contribution >= 0.6 is 0 Å². The van der Waals surface area contributed by atoms with Crippen LogP contribution in [0.1, 0.15) is 46.6 Å². The van der Waals surface area contributed by atoms with Gasteiger partial charge in [0, 0.05) is 24.5 Å². The van der Waals surface area contributed by atoms with Crippen molar-refractivity contribution in [3.05, 3.63) is 71.4 Å². The molecule has 7 nitrogen and oxygen atoms in total. The Morgan fingerprint density at radius 3 is 2.79 bits per heavy atom. The molecule has 1 aliphatic carbocycles. The van der Waals surface area contributed by atoms with Gasteiger partial charge in [0.05, 0.1) is 29.2 Å². The number of fused-ring (bicyclic) bond motifs is 1. The van der Waals surface area contributed by atoms with E-state index in [9.17, 15) is 18.0 Å². The van der Waals surface area contributed by atoms with Gasteiger partial charge >= 0.3 is 6.18 Å². The molecule has 33 heavy (non-hydrogen) atoms. The van der Waals surface area contributed by atoms with Gasteiger partial charge in [0.1, 0.15) is 0 Å². The van der Waals surface area contributed by atoms with Crippen LogP contribution < -0.4 is 0 Å². The molecule has 0 N–H and O–H groups in total. The van der Waals surface area contributed by atoms with Crippen LogP contribution in [-0.2, 0) is 6.18 Å². The number of aromatic nitrogens is 5. The van der Waals surface area contributed by atoms with Crippen LogP contribution in [0.2, 0.25) is 0 Å². The Bertz CT molecular complexity index is 1220. The second kappa shape index (κ2) is 8.09. The number of alkyl halides is 3. The highest BCUT2D eigenvalue weighted by Crippen LogP contribution is 2.39. The van der Waals surface area contributed by atoms with E-state index in [0.717, 1.165) is 29.8 Å². The SMILES string of the molecule is Cc1ccc(C(=O)N2CC3CCC(c4cc(C(F)(F)F)ccn4)=CCC32)c(-n2ccnn2)n1. The topological polar surface area (TPSA) is 76.8 Å². The van der Waals surface area contributed by atoms with E-state index in [-0.39, 0.29) is 11.9 Å². The minimum atomic E-state index is -4.41. The number of aryl methyl sites for hydroxylation is 1. The van der Waals surface area contributed by atoms with Crippen LogP contribution in [0.15, 0.2) is 48.9 Å². The molecule has 5 rings (SSSR count). The zero-order valence-electron chi connectivity index (χ0n) is 17.8. The van der Waals surface area contributed by atoms with Gasteiger partial charge in [0.2, 0.25) is 0 Å². The van der Waals surface area contributed by atoms with Crippen LogP contribution in [0, 0.1) is 12.8 Å². The molecule has 0 aromatic carbocycles. The maximum absolute atomic E-state index is 13.4. The first kappa shape index (κ1) is 21.3. The predicted molar refractivity (Wildman–Crippen MR) is 113 cm³/mol. The number of carbonyl (C=O) groups is 1. The number of amides is 1. The van der Waals surface area contributed by atoms with Crippen LogP contribution in [-0.4, -0.2) is 48.4 Å². The summed E-state index contributed by atoms with van der Waals surface area (Å²) in [6, 6.07) is 5.61. The summed E-state index contributed by atoms with van der Waals surface area (Å²) in [6.45, 7) is 2.44. The highest BCUT2D eigenvalue weighted by atomic mass is 19.4. The normalized spacial score (nSPS) is 20.5. The average molecular weight is 454 g/mol. The van der Waals surface area contributed by atoms with E-state index < -0.39 is 11.7 Å². The molecule has 2 atom stereocenters.